The standard InChI is InChI=1S/C37H45N3O8/c1-25-32(23-40-18-16-37(17-19-40)45-20-21-46-37)47-35(48-33(25)28-10-8-27(24-41)9-11-28)29-12-14-30(15-13-29)38-36(43)39-31(34(42)44-2)22-26-6-4-3-5-7-26/h3-15,25,31-33,35,41H,16-24H2,1-2H3,(H2,38,39,43). The van der Waals surface area contributed by atoms with Gasteiger partial charge in [-0.25, -0.2) is 9.59 Å². The molecule has 3 N–H and O–H groups in total. The number of methoxy groups -OCH3 is 1. The molecule has 0 radical (unpaired) electrons. The first-order valence-electron chi connectivity index (χ1n) is 16.6. The number of likely N-dealkylation sites (tertiary alicyclic amines) is 1. The molecule has 3 aromatic rings. The molecule has 6 rings (SSSR count). The van der Waals surface area contributed by atoms with Gasteiger partial charge in [0.1, 0.15) is 6.04 Å². The van der Waals surface area contributed by atoms with Crippen molar-refractivity contribution in [2.75, 3.05) is 45.3 Å². The molecule has 48 heavy (non-hydrogen) atoms. The van der Waals surface area contributed by atoms with Crippen molar-refractivity contribution in [1.29, 1.82) is 0 Å². The Hall–Kier alpha value is -3.84. The highest BCUT2D eigenvalue weighted by Gasteiger charge is 2.43. The summed E-state index contributed by atoms with van der Waals surface area (Å²) in [5.74, 6) is -0.906. The van der Waals surface area contributed by atoms with Gasteiger partial charge in [0.15, 0.2) is 12.1 Å². The van der Waals surface area contributed by atoms with Gasteiger partial charge in [-0.2, -0.15) is 0 Å². The molecule has 3 aliphatic rings. The number of benzene rings is 3. The van der Waals surface area contributed by atoms with Crippen molar-refractivity contribution < 1.29 is 38.4 Å². The summed E-state index contributed by atoms with van der Waals surface area (Å²) in [4.78, 5) is 27.7. The largest absolute Gasteiger partial charge is 0.467 e. The van der Waals surface area contributed by atoms with Crippen LogP contribution in [-0.4, -0.2) is 79.9 Å². The molecule has 5 atom stereocenters. The third kappa shape index (κ3) is 8.23. The quantitative estimate of drug-likeness (QED) is 0.265. The van der Waals surface area contributed by atoms with E-state index >= 15 is 0 Å². The minimum absolute atomic E-state index is 0.0195. The van der Waals surface area contributed by atoms with Gasteiger partial charge < -0.3 is 44.3 Å². The first-order chi connectivity index (χ1) is 23.3. The number of aliphatic hydroxyl groups excluding tert-OH is 1. The van der Waals surface area contributed by atoms with Crippen molar-refractivity contribution >= 4 is 17.7 Å². The number of ether oxygens (including phenoxy) is 5. The summed E-state index contributed by atoms with van der Waals surface area (Å²) >= 11 is 0. The van der Waals surface area contributed by atoms with Gasteiger partial charge in [0.05, 0.1) is 39.1 Å². The molecular weight excluding hydrogens is 614 g/mol. The SMILES string of the molecule is COC(=O)C(Cc1ccccc1)NC(=O)Nc1ccc(C2OC(CN3CCC4(CC3)OCCO4)C(C)C(c3ccc(CO)cc3)O2)cc1. The van der Waals surface area contributed by atoms with Gasteiger partial charge in [-0.1, -0.05) is 73.7 Å². The van der Waals surface area contributed by atoms with E-state index in [0.29, 0.717) is 25.3 Å². The molecule has 0 aliphatic carbocycles. The Morgan fingerprint density at radius 1 is 0.917 bits per heavy atom. The summed E-state index contributed by atoms with van der Waals surface area (Å²) in [7, 11) is 1.30. The van der Waals surface area contributed by atoms with Gasteiger partial charge in [-0.15, -0.1) is 0 Å². The fraction of sp³-hybridized carbons (Fsp3) is 0.459. The Bertz CT molecular complexity index is 1490. The van der Waals surface area contributed by atoms with E-state index in [0.717, 1.165) is 54.7 Å². The number of esters is 1. The van der Waals surface area contributed by atoms with Crippen molar-refractivity contribution in [3.63, 3.8) is 0 Å². The van der Waals surface area contributed by atoms with Gasteiger partial charge in [0, 0.05) is 56.1 Å². The van der Waals surface area contributed by atoms with Crippen LogP contribution in [0.4, 0.5) is 10.5 Å². The number of nitrogens with one attached hydrogen (secondary N) is 2. The number of urea groups is 1. The monoisotopic (exact) mass is 659 g/mol. The van der Waals surface area contributed by atoms with Crippen LogP contribution < -0.4 is 10.6 Å². The van der Waals surface area contributed by atoms with E-state index in [9.17, 15) is 14.7 Å². The third-order valence-electron chi connectivity index (χ3n) is 9.51. The van der Waals surface area contributed by atoms with Crippen LogP contribution in [-0.2, 0) is 41.5 Å². The number of amides is 2. The molecule has 11 nitrogen and oxygen atoms in total. The van der Waals surface area contributed by atoms with E-state index in [2.05, 4.69) is 22.5 Å². The lowest BCUT2D eigenvalue weighted by Gasteiger charge is -2.44. The molecule has 3 fully saturated rings. The van der Waals surface area contributed by atoms with Gasteiger partial charge in [0.2, 0.25) is 0 Å². The molecule has 3 heterocycles. The van der Waals surface area contributed by atoms with Crippen LogP contribution >= 0.6 is 0 Å². The normalized spacial score (nSPS) is 24.6. The van der Waals surface area contributed by atoms with E-state index < -0.39 is 30.1 Å². The molecular formula is C37H45N3O8. The number of rotatable bonds is 10. The number of nitrogens with zero attached hydrogens (tertiary/aromatic N) is 1. The summed E-state index contributed by atoms with van der Waals surface area (Å²) in [5, 5.41) is 15.1. The lowest BCUT2D eigenvalue weighted by Crippen LogP contribution is -2.50. The molecule has 5 unspecified atom stereocenters. The van der Waals surface area contributed by atoms with Gasteiger partial charge in [-0.05, 0) is 28.8 Å². The summed E-state index contributed by atoms with van der Waals surface area (Å²) in [6.07, 6.45) is 0.976. The maximum Gasteiger partial charge on any atom is 0.328 e. The fourth-order valence-electron chi connectivity index (χ4n) is 6.68. The van der Waals surface area contributed by atoms with Crippen LogP contribution in [0.1, 0.15) is 54.4 Å². The highest BCUT2D eigenvalue weighted by Crippen LogP contribution is 2.42. The van der Waals surface area contributed by atoms with Crippen molar-refractivity contribution in [3.05, 3.63) is 101 Å². The maximum absolute atomic E-state index is 12.9. The zero-order chi connectivity index (χ0) is 33.5. The highest BCUT2D eigenvalue weighted by molar-refractivity contribution is 5.92. The van der Waals surface area contributed by atoms with E-state index in [4.69, 9.17) is 23.7 Å². The number of hydrogen-bond acceptors (Lipinski definition) is 9. The second kappa shape index (κ2) is 15.6. The number of carbonyl (C=O) groups excluding carboxylic acids is 2. The molecule has 0 saturated carbocycles. The lowest BCUT2D eigenvalue weighted by molar-refractivity contribution is -0.278. The third-order valence-corrected chi connectivity index (χ3v) is 9.51. The van der Waals surface area contributed by atoms with Crippen LogP contribution in [0.5, 0.6) is 0 Å². The highest BCUT2D eigenvalue weighted by atomic mass is 16.7. The average molecular weight is 660 g/mol. The average Bonchev–Trinajstić information content (AvgIpc) is 3.58. The van der Waals surface area contributed by atoms with E-state index in [1.165, 1.54) is 7.11 Å². The lowest BCUT2D eigenvalue weighted by atomic mass is 9.89. The summed E-state index contributed by atoms with van der Waals surface area (Å²) < 4.78 is 30.1. The fourth-order valence-corrected chi connectivity index (χ4v) is 6.68. The van der Waals surface area contributed by atoms with Crippen molar-refractivity contribution in [2.24, 2.45) is 5.92 Å². The summed E-state index contributed by atoms with van der Waals surface area (Å²) in [6.45, 7) is 5.91. The van der Waals surface area contributed by atoms with Gasteiger partial charge >= 0.3 is 12.0 Å². The number of carbonyl (C=O) groups is 2. The Morgan fingerprint density at radius 3 is 2.23 bits per heavy atom. The minimum Gasteiger partial charge on any atom is -0.467 e. The molecule has 2 amide bonds. The van der Waals surface area contributed by atoms with Crippen LogP contribution in [0.15, 0.2) is 78.9 Å². The van der Waals surface area contributed by atoms with Crippen LogP contribution in [0.2, 0.25) is 0 Å². The maximum atomic E-state index is 12.9. The second-order valence-electron chi connectivity index (χ2n) is 12.7. The zero-order valence-corrected chi connectivity index (χ0v) is 27.5. The van der Waals surface area contributed by atoms with E-state index in [1.54, 1.807) is 12.1 Å². The minimum atomic E-state index is -0.841. The molecule has 3 aliphatic heterocycles. The van der Waals surface area contributed by atoms with Gasteiger partial charge in [-0.3, -0.25) is 0 Å². The molecule has 0 aromatic heterocycles. The molecule has 11 heteroatoms. The Morgan fingerprint density at radius 2 is 1.58 bits per heavy atom. The second-order valence-corrected chi connectivity index (χ2v) is 12.7. The summed E-state index contributed by atoms with van der Waals surface area (Å²) in [5.41, 5.74) is 4.14. The number of aliphatic hydroxyl groups is 1. The Labute approximate surface area is 281 Å². The van der Waals surface area contributed by atoms with Crippen LogP contribution in [0.25, 0.3) is 0 Å². The van der Waals surface area contributed by atoms with Crippen LogP contribution in [0, 0.1) is 5.92 Å². The summed E-state index contributed by atoms with van der Waals surface area (Å²) in [6, 6.07) is 23.3. The Balaban J connectivity index is 1.13. The smallest absolute Gasteiger partial charge is 0.328 e. The topological polar surface area (TPSA) is 128 Å². The molecule has 3 saturated heterocycles. The number of hydrogen-bond donors (Lipinski definition) is 3. The predicted octanol–water partition coefficient (Wildman–Crippen LogP) is 4.72. The Kier molecular flexibility index (Phi) is 11.1. The van der Waals surface area contributed by atoms with Crippen molar-refractivity contribution in [3.8, 4) is 0 Å². The van der Waals surface area contributed by atoms with Crippen molar-refractivity contribution in [1.82, 2.24) is 10.2 Å². The first kappa shape index (κ1) is 34.0. The van der Waals surface area contributed by atoms with E-state index in [1.807, 2.05) is 66.7 Å². The van der Waals surface area contributed by atoms with Crippen molar-refractivity contribution in [2.45, 2.75) is 63.1 Å². The molecule has 0 bridgehead atoms. The molecule has 1 spiro atoms. The van der Waals surface area contributed by atoms with Crippen LogP contribution in [0.3, 0.4) is 0 Å². The van der Waals surface area contributed by atoms with E-state index in [-0.39, 0.29) is 24.7 Å². The molecule has 256 valence electrons. The number of anilines is 1. The molecule has 3 aromatic carbocycles. The zero-order valence-electron chi connectivity index (χ0n) is 27.5. The number of piperidine rings is 1. The first-order valence-corrected chi connectivity index (χ1v) is 16.6. The van der Waals surface area contributed by atoms with Gasteiger partial charge in [0.25, 0.3) is 0 Å². The predicted molar refractivity (Wildman–Crippen MR) is 178 cm³/mol.